The van der Waals surface area contributed by atoms with Gasteiger partial charge in [-0.25, -0.2) is 4.79 Å². The second-order valence-electron chi connectivity index (χ2n) is 6.95. The van der Waals surface area contributed by atoms with E-state index < -0.39 is 66.3 Å². The van der Waals surface area contributed by atoms with Crippen molar-refractivity contribution in [2.24, 2.45) is 17.4 Å². The van der Waals surface area contributed by atoms with Crippen LogP contribution >= 0.6 is 12.6 Å². The fourth-order valence-corrected chi connectivity index (χ4v) is 2.56. The molecule has 0 bridgehead atoms. The van der Waals surface area contributed by atoms with E-state index in [1.165, 1.54) is 6.92 Å². The molecule has 0 radical (unpaired) electrons. The molecule has 0 fully saturated rings. The molecule has 13 heteroatoms. The topological polar surface area (TPSA) is 214 Å². The van der Waals surface area contributed by atoms with Crippen LogP contribution in [0, 0.1) is 5.92 Å². The zero-order chi connectivity index (χ0) is 23.6. The van der Waals surface area contributed by atoms with Crippen molar-refractivity contribution in [1.29, 1.82) is 0 Å². The molecule has 0 aromatic heterocycles. The number of carboxylic acid groups (broad SMARTS) is 1. The van der Waals surface area contributed by atoms with Crippen LogP contribution in [0.4, 0.5) is 0 Å². The smallest absolute Gasteiger partial charge is 0.326 e. The molecule has 30 heavy (non-hydrogen) atoms. The van der Waals surface area contributed by atoms with Gasteiger partial charge >= 0.3 is 5.97 Å². The molecule has 6 unspecified atom stereocenters. The first-order valence-corrected chi connectivity index (χ1v) is 9.95. The number of nitrogens with one attached hydrogen (secondary N) is 3. The van der Waals surface area contributed by atoms with Crippen molar-refractivity contribution in [3.05, 3.63) is 0 Å². The van der Waals surface area contributed by atoms with Gasteiger partial charge in [0.15, 0.2) is 0 Å². The van der Waals surface area contributed by atoms with Crippen LogP contribution in [0.25, 0.3) is 0 Å². The molecule has 4 amide bonds. The van der Waals surface area contributed by atoms with Gasteiger partial charge in [-0.3, -0.25) is 19.2 Å². The Bertz CT molecular complexity index is 646. The third-order valence-electron chi connectivity index (χ3n) is 4.45. The largest absolute Gasteiger partial charge is 0.480 e. The highest BCUT2D eigenvalue weighted by Gasteiger charge is 2.32. The summed E-state index contributed by atoms with van der Waals surface area (Å²) in [6.45, 7) is 4.68. The minimum Gasteiger partial charge on any atom is -0.480 e. The molecule has 0 aliphatic carbocycles. The van der Waals surface area contributed by atoms with Crippen LogP contribution < -0.4 is 27.4 Å². The average molecular weight is 450 g/mol. The van der Waals surface area contributed by atoms with E-state index in [1.807, 2.05) is 0 Å². The van der Waals surface area contributed by atoms with E-state index in [0.717, 1.165) is 0 Å². The molecule has 0 aromatic carbocycles. The Labute approximate surface area is 179 Å². The van der Waals surface area contributed by atoms with Crippen molar-refractivity contribution in [3.63, 3.8) is 0 Å². The summed E-state index contributed by atoms with van der Waals surface area (Å²) in [6, 6.07) is -5.24. The van der Waals surface area contributed by atoms with Crippen LogP contribution in [0.1, 0.15) is 33.6 Å². The SMILES string of the molecule is CCC(C)C(NC(=O)C(CS)NC(=O)C(CC(N)=O)NC(=O)C(N)C(C)O)C(=O)O. The van der Waals surface area contributed by atoms with Crippen molar-refractivity contribution in [2.45, 2.75) is 63.9 Å². The Hall–Kier alpha value is -2.38. The van der Waals surface area contributed by atoms with E-state index in [9.17, 15) is 34.2 Å². The van der Waals surface area contributed by atoms with Crippen LogP contribution in [0.2, 0.25) is 0 Å². The average Bonchev–Trinajstić information content (AvgIpc) is 2.67. The van der Waals surface area contributed by atoms with Gasteiger partial charge in [0, 0.05) is 5.75 Å². The molecule has 0 saturated carbocycles. The first-order valence-electron chi connectivity index (χ1n) is 9.32. The van der Waals surface area contributed by atoms with Crippen molar-refractivity contribution in [1.82, 2.24) is 16.0 Å². The number of carbonyl (C=O) groups is 5. The summed E-state index contributed by atoms with van der Waals surface area (Å²) in [5, 5.41) is 25.5. The Morgan fingerprint density at radius 3 is 1.87 bits per heavy atom. The van der Waals surface area contributed by atoms with Crippen LogP contribution in [0.5, 0.6) is 0 Å². The fraction of sp³-hybridized carbons (Fsp3) is 0.706. The number of amides is 4. The molecule has 0 saturated heterocycles. The zero-order valence-corrected chi connectivity index (χ0v) is 18.0. The Balaban J connectivity index is 5.32. The minimum absolute atomic E-state index is 0.186. The lowest BCUT2D eigenvalue weighted by Crippen LogP contribution is -2.59. The summed E-state index contributed by atoms with van der Waals surface area (Å²) in [4.78, 5) is 59.6. The quantitative estimate of drug-likeness (QED) is 0.136. The van der Waals surface area contributed by atoms with E-state index in [-0.39, 0.29) is 11.7 Å². The van der Waals surface area contributed by atoms with Crippen molar-refractivity contribution < 1.29 is 34.2 Å². The maximum atomic E-state index is 12.5. The first kappa shape index (κ1) is 27.6. The monoisotopic (exact) mass is 449 g/mol. The number of aliphatic hydroxyl groups excluding tert-OH is 1. The number of carboxylic acids is 1. The van der Waals surface area contributed by atoms with Crippen LogP contribution in [-0.2, 0) is 24.0 Å². The molecule has 0 aliphatic heterocycles. The van der Waals surface area contributed by atoms with Crippen molar-refractivity contribution in [3.8, 4) is 0 Å². The lowest BCUT2D eigenvalue weighted by atomic mass is 9.99. The molecule has 172 valence electrons. The minimum atomic E-state index is -1.46. The van der Waals surface area contributed by atoms with Gasteiger partial charge in [-0.2, -0.15) is 12.6 Å². The van der Waals surface area contributed by atoms with Gasteiger partial charge < -0.3 is 37.6 Å². The summed E-state index contributed by atoms with van der Waals surface area (Å²) < 4.78 is 0. The molecular weight excluding hydrogens is 418 g/mol. The van der Waals surface area contributed by atoms with E-state index in [0.29, 0.717) is 6.42 Å². The number of aliphatic carboxylic acids is 1. The summed E-state index contributed by atoms with van der Waals surface area (Å²) in [6.07, 6.45) is -1.31. The Morgan fingerprint density at radius 2 is 1.47 bits per heavy atom. The van der Waals surface area contributed by atoms with Gasteiger partial charge in [0.05, 0.1) is 12.5 Å². The van der Waals surface area contributed by atoms with Gasteiger partial charge in [0.25, 0.3) is 0 Å². The van der Waals surface area contributed by atoms with Gasteiger partial charge in [-0.1, -0.05) is 20.3 Å². The highest BCUT2D eigenvalue weighted by atomic mass is 32.1. The maximum Gasteiger partial charge on any atom is 0.326 e. The Kier molecular flexibility index (Phi) is 12.0. The molecular formula is C17H31N5O7S. The molecule has 6 atom stereocenters. The highest BCUT2D eigenvalue weighted by molar-refractivity contribution is 7.80. The van der Waals surface area contributed by atoms with Gasteiger partial charge in [0.2, 0.25) is 23.6 Å². The number of rotatable bonds is 13. The number of hydrogen-bond donors (Lipinski definition) is 8. The normalized spacial score (nSPS) is 16.9. The summed E-state index contributed by atoms with van der Waals surface area (Å²) >= 11 is 3.99. The molecule has 0 spiro atoms. The fourth-order valence-electron chi connectivity index (χ4n) is 2.30. The van der Waals surface area contributed by atoms with Gasteiger partial charge in [0.1, 0.15) is 24.2 Å². The van der Waals surface area contributed by atoms with Crippen molar-refractivity contribution in [2.75, 3.05) is 5.75 Å². The zero-order valence-electron chi connectivity index (χ0n) is 17.1. The van der Waals surface area contributed by atoms with Gasteiger partial charge in [-0.05, 0) is 12.8 Å². The summed E-state index contributed by atoms with van der Waals surface area (Å²) in [5.74, 6) is -5.31. The second-order valence-corrected chi connectivity index (χ2v) is 7.32. The predicted molar refractivity (Wildman–Crippen MR) is 110 cm³/mol. The summed E-state index contributed by atoms with van der Waals surface area (Å²) in [5.41, 5.74) is 10.6. The number of thiol groups is 1. The van der Waals surface area contributed by atoms with Crippen LogP contribution in [0.15, 0.2) is 0 Å². The number of aliphatic hydroxyl groups is 1. The van der Waals surface area contributed by atoms with Gasteiger partial charge in [-0.15, -0.1) is 0 Å². The number of carbonyl (C=O) groups excluding carboxylic acids is 4. The molecule has 0 aliphatic rings. The van der Waals surface area contributed by atoms with Crippen LogP contribution in [-0.4, -0.2) is 75.8 Å². The molecule has 0 heterocycles. The molecule has 9 N–H and O–H groups in total. The third-order valence-corrected chi connectivity index (χ3v) is 4.82. The molecule has 0 aromatic rings. The standard InChI is InChI=1S/C17H31N5O7S/c1-4-7(2)13(17(28)29)22-15(26)10(6-30)21-14(25)9(5-11(18)24)20-16(27)12(19)8(3)23/h7-10,12-13,23,30H,4-6,19H2,1-3H3,(H2,18,24)(H,20,27)(H,21,25)(H,22,26)(H,28,29). The summed E-state index contributed by atoms with van der Waals surface area (Å²) in [7, 11) is 0. The van der Waals surface area contributed by atoms with E-state index in [4.69, 9.17) is 11.5 Å². The lowest BCUT2D eigenvalue weighted by Gasteiger charge is -2.25. The predicted octanol–water partition coefficient (Wildman–Crippen LogP) is -2.92. The Morgan fingerprint density at radius 1 is 0.967 bits per heavy atom. The number of hydrogen-bond acceptors (Lipinski definition) is 8. The van der Waals surface area contributed by atoms with Crippen LogP contribution in [0.3, 0.4) is 0 Å². The van der Waals surface area contributed by atoms with Crippen molar-refractivity contribution >= 4 is 42.2 Å². The number of nitrogens with two attached hydrogens (primary N) is 2. The first-order chi connectivity index (χ1) is 13.8. The molecule has 0 rings (SSSR count). The second kappa shape index (κ2) is 13.0. The molecule has 12 nitrogen and oxygen atoms in total. The highest BCUT2D eigenvalue weighted by Crippen LogP contribution is 2.08. The van der Waals surface area contributed by atoms with E-state index in [2.05, 4.69) is 28.6 Å². The third kappa shape index (κ3) is 8.97. The van der Waals surface area contributed by atoms with E-state index >= 15 is 0 Å². The number of primary amides is 1. The van der Waals surface area contributed by atoms with E-state index in [1.54, 1.807) is 13.8 Å². The maximum absolute atomic E-state index is 12.5. The lowest BCUT2D eigenvalue weighted by molar-refractivity contribution is -0.143.